The fourth-order valence-corrected chi connectivity index (χ4v) is 7.57. The van der Waals surface area contributed by atoms with Crippen molar-refractivity contribution in [2.75, 3.05) is 0 Å². The summed E-state index contributed by atoms with van der Waals surface area (Å²) >= 11 is 0. The summed E-state index contributed by atoms with van der Waals surface area (Å²) < 4.78 is 0. The number of fused-ring (bicyclic) bond motifs is 5. The maximum absolute atomic E-state index is 11.1. The van der Waals surface area contributed by atoms with Crippen LogP contribution in [0.3, 0.4) is 0 Å². The van der Waals surface area contributed by atoms with Crippen LogP contribution in [0.4, 0.5) is 0 Å². The third kappa shape index (κ3) is 2.07. The van der Waals surface area contributed by atoms with Crippen molar-refractivity contribution in [3.63, 3.8) is 0 Å². The van der Waals surface area contributed by atoms with Gasteiger partial charge in [0.05, 0.1) is 24.2 Å². The van der Waals surface area contributed by atoms with Gasteiger partial charge in [-0.15, -0.1) is 0 Å². The van der Waals surface area contributed by atoms with E-state index < -0.39 is 0 Å². The van der Waals surface area contributed by atoms with Crippen LogP contribution in [-0.2, 0) is 0 Å². The van der Waals surface area contributed by atoms with Crippen LogP contribution in [0, 0.1) is 51.8 Å². The highest BCUT2D eigenvalue weighted by atomic mass is 16.3. The first-order valence-electron chi connectivity index (χ1n) is 9.66. The van der Waals surface area contributed by atoms with Crippen molar-refractivity contribution < 1.29 is 10.2 Å². The van der Waals surface area contributed by atoms with Crippen molar-refractivity contribution in [1.29, 1.82) is 5.26 Å². The van der Waals surface area contributed by atoms with Crippen LogP contribution < -0.4 is 0 Å². The molecule has 0 bridgehead atoms. The maximum atomic E-state index is 11.1. The van der Waals surface area contributed by atoms with Gasteiger partial charge in [-0.25, -0.2) is 0 Å². The molecule has 4 fully saturated rings. The predicted octanol–water partition coefficient (Wildman–Crippen LogP) is 3.50. The summed E-state index contributed by atoms with van der Waals surface area (Å²) in [6, 6.07) is 2.55. The van der Waals surface area contributed by atoms with E-state index in [1.807, 2.05) is 0 Å². The molecule has 0 aromatic carbocycles. The van der Waals surface area contributed by atoms with E-state index in [4.69, 9.17) is 0 Å². The zero-order chi connectivity index (χ0) is 16.4. The topological polar surface area (TPSA) is 64.2 Å². The van der Waals surface area contributed by atoms with Crippen LogP contribution in [0.2, 0.25) is 0 Å². The lowest BCUT2D eigenvalue weighted by molar-refractivity contribution is -0.175. The molecule has 0 radical (unpaired) electrons. The van der Waals surface area contributed by atoms with E-state index in [9.17, 15) is 15.5 Å². The Morgan fingerprint density at radius 1 is 1.00 bits per heavy atom. The van der Waals surface area contributed by atoms with E-state index in [-0.39, 0.29) is 29.0 Å². The van der Waals surface area contributed by atoms with Crippen molar-refractivity contribution >= 4 is 0 Å². The van der Waals surface area contributed by atoms with E-state index in [2.05, 4.69) is 19.9 Å². The smallest absolute Gasteiger partial charge is 0.0661 e. The molecule has 3 heteroatoms. The normalized spacial score (nSPS) is 58.7. The molecule has 0 saturated heterocycles. The van der Waals surface area contributed by atoms with Gasteiger partial charge >= 0.3 is 0 Å². The lowest BCUT2D eigenvalue weighted by Gasteiger charge is -2.62. The second-order valence-electron chi connectivity index (χ2n) is 9.54. The van der Waals surface area contributed by atoms with Crippen LogP contribution in [0.25, 0.3) is 0 Å². The molecule has 0 heterocycles. The molecule has 4 rings (SSSR count). The minimum atomic E-state index is -0.266. The lowest BCUT2D eigenvalue weighted by atomic mass is 9.44. The molecule has 3 nitrogen and oxygen atoms in total. The molecule has 9 atom stereocenters. The number of nitrogens with zero attached hydrogens (tertiary/aromatic N) is 1. The molecule has 4 aliphatic rings. The minimum Gasteiger partial charge on any atom is -0.393 e. The highest BCUT2D eigenvalue weighted by molar-refractivity contribution is 5.14. The Labute approximate surface area is 140 Å². The van der Waals surface area contributed by atoms with E-state index >= 15 is 0 Å². The highest BCUT2D eigenvalue weighted by Crippen LogP contribution is 2.67. The predicted molar refractivity (Wildman–Crippen MR) is 88.2 cm³/mol. The zero-order valence-corrected chi connectivity index (χ0v) is 14.5. The fourth-order valence-electron chi connectivity index (χ4n) is 7.57. The third-order valence-electron chi connectivity index (χ3n) is 8.72. The average Bonchev–Trinajstić information content (AvgIpc) is 2.83. The monoisotopic (exact) mass is 317 g/mol. The first kappa shape index (κ1) is 15.9. The Bertz CT molecular complexity index is 528. The van der Waals surface area contributed by atoms with Crippen LogP contribution in [0.5, 0.6) is 0 Å². The first-order valence-corrected chi connectivity index (χ1v) is 9.66. The van der Waals surface area contributed by atoms with E-state index in [1.165, 1.54) is 19.3 Å². The number of nitriles is 1. The van der Waals surface area contributed by atoms with Crippen LogP contribution in [-0.4, -0.2) is 22.4 Å². The summed E-state index contributed by atoms with van der Waals surface area (Å²) in [5, 5.41) is 30.8. The number of hydrogen-bond acceptors (Lipinski definition) is 3. The van der Waals surface area contributed by atoms with Crippen molar-refractivity contribution in [1.82, 2.24) is 0 Å². The second kappa shape index (κ2) is 5.20. The van der Waals surface area contributed by atoms with Crippen LogP contribution >= 0.6 is 0 Å². The molecular formula is C20H31NO2. The van der Waals surface area contributed by atoms with Crippen LogP contribution in [0.1, 0.15) is 65.2 Å². The molecule has 128 valence electrons. The Morgan fingerprint density at radius 2 is 1.78 bits per heavy atom. The van der Waals surface area contributed by atoms with Crippen molar-refractivity contribution in [3.8, 4) is 6.07 Å². The Hall–Kier alpha value is -0.590. The van der Waals surface area contributed by atoms with Gasteiger partial charge in [-0.05, 0) is 85.9 Å². The number of rotatable bonds is 0. The largest absolute Gasteiger partial charge is 0.393 e. The molecule has 2 unspecified atom stereocenters. The summed E-state index contributed by atoms with van der Waals surface area (Å²) in [4.78, 5) is 0. The molecule has 4 aliphatic carbocycles. The molecule has 0 amide bonds. The lowest BCUT2D eigenvalue weighted by Crippen LogP contribution is -2.59. The number of hydrogen-bond donors (Lipinski definition) is 2. The van der Waals surface area contributed by atoms with Gasteiger partial charge in [-0.1, -0.05) is 13.8 Å². The maximum Gasteiger partial charge on any atom is 0.0661 e. The van der Waals surface area contributed by atoms with E-state index in [0.717, 1.165) is 32.1 Å². The Balaban J connectivity index is 1.68. The van der Waals surface area contributed by atoms with Gasteiger partial charge in [0.25, 0.3) is 0 Å². The second-order valence-corrected chi connectivity index (χ2v) is 9.54. The SMILES string of the molecule is C[C@]12CC(O)C3[C@@H](CC[C@H]4C[C@H](O)CC[C@]34C)[C@@H]1CC[C@@H]2C#N. The minimum absolute atomic E-state index is 0.0205. The van der Waals surface area contributed by atoms with Gasteiger partial charge in [-0.2, -0.15) is 5.26 Å². The van der Waals surface area contributed by atoms with Crippen molar-refractivity contribution in [2.24, 2.45) is 40.4 Å². The highest BCUT2D eigenvalue weighted by Gasteiger charge is 2.63. The van der Waals surface area contributed by atoms with Gasteiger partial charge < -0.3 is 10.2 Å². The van der Waals surface area contributed by atoms with Crippen molar-refractivity contribution in [2.45, 2.75) is 77.4 Å². The molecule has 2 N–H and O–H groups in total. The fraction of sp³-hybridized carbons (Fsp3) is 0.950. The number of aliphatic hydroxyl groups is 2. The van der Waals surface area contributed by atoms with Gasteiger partial charge in [0.15, 0.2) is 0 Å². The molecule has 0 aromatic rings. The standard InChI is InChI=1S/C20H31NO2/c1-19-8-7-14(22)9-12(19)3-5-15-16-6-4-13(11-21)20(16,2)10-17(23)18(15)19/h12-18,22-23H,3-10H2,1-2H3/t12-,13+,14+,15-,16-,17?,18?,19-,20+/m0/s1. The quantitative estimate of drug-likeness (QED) is 0.718. The van der Waals surface area contributed by atoms with Crippen LogP contribution in [0.15, 0.2) is 0 Å². The van der Waals surface area contributed by atoms with Gasteiger partial charge in [-0.3, -0.25) is 0 Å². The molecule has 23 heavy (non-hydrogen) atoms. The number of aliphatic hydroxyl groups excluding tert-OH is 2. The Kier molecular flexibility index (Phi) is 3.60. The summed E-state index contributed by atoms with van der Waals surface area (Å²) in [5.74, 6) is 2.27. The summed E-state index contributed by atoms with van der Waals surface area (Å²) in [6.07, 6.45) is 7.87. The van der Waals surface area contributed by atoms with Crippen molar-refractivity contribution in [3.05, 3.63) is 0 Å². The summed E-state index contributed by atoms with van der Waals surface area (Å²) in [5.41, 5.74) is 0.209. The molecular weight excluding hydrogens is 286 g/mol. The molecule has 0 aromatic heterocycles. The van der Waals surface area contributed by atoms with E-state index in [0.29, 0.717) is 23.7 Å². The third-order valence-corrected chi connectivity index (χ3v) is 8.72. The van der Waals surface area contributed by atoms with Gasteiger partial charge in [0.1, 0.15) is 0 Å². The zero-order valence-electron chi connectivity index (χ0n) is 14.5. The Morgan fingerprint density at radius 3 is 2.52 bits per heavy atom. The molecule has 0 aliphatic heterocycles. The molecule has 4 saturated carbocycles. The summed E-state index contributed by atoms with van der Waals surface area (Å²) in [6.45, 7) is 4.67. The summed E-state index contributed by atoms with van der Waals surface area (Å²) in [7, 11) is 0. The average molecular weight is 317 g/mol. The first-order chi connectivity index (χ1) is 10.9. The van der Waals surface area contributed by atoms with Gasteiger partial charge in [0, 0.05) is 0 Å². The molecule has 0 spiro atoms. The van der Waals surface area contributed by atoms with Gasteiger partial charge in [0.2, 0.25) is 0 Å². The van der Waals surface area contributed by atoms with E-state index in [1.54, 1.807) is 0 Å².